The van der Waals surface area contributed by atoms with Crippen LogP contribution >= 0.6 is 27.7 Å². The van der Waals surface area contributed by atoms with Crippen LogP contribution in [0.3, 0.4) is 0 Å². The van der Waals surface area contributed by atoms with Gasteiger partial charge in [0.15, 0.2) is 0 Å². The second-order valence-electron chi connectivity index (χ2n) is 5.81. The minimum atomic E-state index is 0.408. The number of hydrogen-bond acceptors (Lipinski definition) is 2. The van der Waals surface area contributed by atoms with Crippen LogP contribution in [-0.4, -0.2) is 17.5 Å². The van der Waals surface area contributed by atoms with E-state index >= 15 is 0 Å². The maximum absolute atomic E-state index is 3.81. The van der Waals surface area contributed by atoms with Gasteiger partial charge in [0.2, 0.25) is 0 Å². The third-order valence-electron chi connectivity index (χ3n) is 3.92. The van der Waals surface area contributed by atoms with Gasteiger partial charge in [0, 0.05) is 22.3 Å². The molecule has 0 saturated carbocycles. The van der Waals surface area contributed by atoms with Gasteiger partial charge in [-0.2, -0.15) is 11.8 Å². The van der Waals surface area contributed by atoms with E-state index in [0.29, 0.717) is 17.5 Å². The largest absolute Gasteiger partial charge is 0.306 e. The highest BCUT2D eigenvalue weighted by atomic mass is 79.9. The Balaban J connectivity index is 2.04. The molecule has 1 N–H and O–H groups in total. The highest BCUT2D eigenvalue weighted by Crippen LogP contribution is 2.35. The molecule has 0 amide bonds. The summed E-state index contributed by atoms with van der Waals surface area (Å²) in [6.07, 6.45) is 1.31. The molecule has 1 fully saturated rings. The fraction of sp³-hybridized carbons (Fsp3) is 0.600. The number of nitrogens with one attached hydrogen (secondary N) is 1. The van der Waals surface area contributed by atoms with E-state index < -0.39 is 0 Å². The van der Waals surface area contributed by atoms with Crippen molar-refractivity contribution in [2.75, 3.05) is 11.5 Å². The van der Waals surface area contributed by atoms with Gasteiger partial charge >= 0.3 is 0 Å². The molecule has 3 heteroatoms. The summed E-state index contributed by atoms with van der Waals surface area (Å²) >= 11 is 5.62. The Morgan fingerprint density at radius 2 is 2.22 bits per heavy atom. The van der Waals surface area contributed by atoms with E-state index in [9.17, 15) is 0 Å². The molecule has 1 aliphatic heterocycles. The van der Waals surface area contributed by atoms with Gasteiger partial charge in [-0.1, -0.05) is 41.9 Å². The Morgan fingerprint density at radius 3 is 2.89 bits per heavy atom. The van der Waals surface area contributed by atoms with Crippen LogP contribution < -0.4 is 5.32 Å². The molecule has 0 bridgehead atoms. The zero-order valence-electron chi connectivity index (χ0n) is 11.4. The average molecular weight is 328 g/mol. The molecule has 2 atom stereocenters. The second-order valence-corrected chi connectivity index (χ2v) is 7.87. The van der Waals surface area contributed by atoms with Crippen LogP contribution in [0.15, 0.2) is 28.7 Å². The third-order valence-corrected chi connectivity index (χ3v) is 5.47. The molecule has 1 unspecified atom stereocenters. The molecular weight excluding hydrogens is 306 g/mol. The lowest BCUT2D eigenvalue weighted by Crippen LogP contribution is -2.47. The van der Waals surface area contributed by atoms with E-state index in [1.807, 2.05) is 0 Å². The molecule has 1 aliphatic rings. The van der Waals surface area contributed by atoms with Crippen molar-refractivity contribution in [3.8, 4) is 0 Å². The summed E-state index contributed by atoms with van der Waals surface area (Å²) in [6.45, 7) is 7.03. The Bertz CT molecular complexity index is 405. The first-order chi connectivity index (χ1) is 8.49. The summed E-state index contributed by atoms with van der Waals surface area (Å²) in [5.74, 6) is 2.53. The van der Waals surface area contributed by atoms with Gasteiger partial charge in [-0.15, -0.1) is 0 Å². The van der Waals surface area contributed by atoms with Crippen molar-refractivity contribution in [2.45, 2.75) is 39.3 Å². The SMILES string of the molecule is C[C@H](NC1CSCCC1(C)C)c1cccc(Br)c1. The number of benzene rings is 1. The Hall–Kier alpha value is 0.01000. The van der Waals surface area contributed by atoms with Crippen molar-refractivity contribution in [1.82, 2.24) is 5.32 Å². The third kappa shape index (κ3) is 3.52. The molecule has 1 aromatic carbocycles. The van der Waals surface area contributed by atoms with Crippen molar-refractivity contribution in [2.24, 2.45) is 5.41 Å². The van der Waals surface area contributed by atoms with Crippen molar-refractivity contribution in [3.05, 3.63) is 34.3 Å². The van der Waals surface area contributed by atoms with Crippen LogP contribution in [0.5, 0.6) is 0 Å². The summed E-state index contributed by atoms with van der Waals surface area (Å²) in [5.41, 5.74) is 1.77. The number of hydrogen-bond donors (Lipinski definition) is 1. The van der Waals surface area contributed by atoms with Crippen LogP contribution in [0.25, 0.3) is 0 Å². The molecule has 0 aromatic heterocycles. The zero-order valence-corrected chi connectivity index (χ0v) is 13.8. The molecule has 0 aliphatic carbocycles. The number of halogens is 1. The van der Waals surface area contributed by atoms with Gasteiger partial charge in [0.1, 0.15) is 0 Å². The molecule has 1 saturated heterocycles. The maximum atomic E-state index is 3.81. The molecule has 18 heavy (non-hydrogen) atoms. The molecular formula is C15H22BrNS. The number of rotatable bonds is 3. The fourth-order valence-electron chi connectivity index (χ4n) is 2.38. The first kappa shape index (κ1) is 14.4. The smallest absolute Gasteiger partial charge is 0.0295 e. The lowest BCUT2D eigenvalue weighted by molar-refractivity contribution is 0.232. The molecule has 0 radical (unpaired) electrons. The van der Waals surface area contributed by atoms with Crippen LogP contribution in [-0.2, 0) is 0 Å². The van der Waals surface area contributed by atoms with Gasteiger partial charge in [0.25, 0.3) is 0 Å². The zero-order chi connectivity index (χ0) is 13.2. The second kappa shape index (κ2) is 5.98. The van der Waals surface area contributed by atoms with E-state index in [-0.39, 0.29) is 0 Å². The summed E-state index contributed by atoms with van der Waals surface area (Å²) in [5, 5.41) is 3.81. The van der Waals surface area contributed by atoms with Crippen LogP contribution in [0, 0.1) is 5.41 Å². The molecule has 1 aromatic rings. The predicted molar refractivity (Wildman–Crippen MR) is 85.2 cm³/mol. The van der Waals surface area contributed by atoms with E-state index in [1.165, 1.54) is 23.5 Å². The summed E-state index contributed by atoms with van der Waals surface area (Å²) in [6, 6.07) is 9.61. The predicted octanol–water partition coefficient (Wildman–Crippen LogP) is 4.63. The van der Waals surface area contributed by atoms with E-state index in [1.54, 1.807) is 0 Å². The quantitative estimate of drug-likeness (QED) is 0.868. The van der Waals surface area contributed by atoms with Gasteiger partial charge in [-0.05, 0) is 42.2 Å². The van der Waals surface area contributed by atoms with Gasteiger partial charge < -0.3 is 5.32 Å². The Kier molecular flexibility index (Phi) is 4.79. The van der Waals surface area contributed by atoms with Crippen LogP contribution in [0.4, 0.5) is 0 Å². The number of thioether (sulfide) groups is 1. The van der Waals surface area contributed by atoms with E-state index in [2.05, 4.69) is 78.0 Å². The van der Waals surface area contributed by atoms with Crippen molar-refractivity contribution < 1.29 is 0 Å². The Morgan fingerprint density at radius 1 is 1.44 bits per heavy atom. The molecule has 0 spiro atoms. The highest BCUT2D eigenvalue weighted by molar-refractivity contribution is 9.10. The summed E-state index contributed by atoms with van der Waals surface area (Å²) < 4.78 is 1.16. The standard InChI is InChI=1S/C15H22BrNS/c1-11(12-5-4-6-13(16)9-12)17-14-10-18-8-7-15(14,2)3/h4-6,9,11,14,17H,7-8,10H2,1-3H3/t11-,14?/m0/s1. The summed E-state index contributed by atoms with van der Waals surface area (Å²) in [7, 11) is 0. The maximum Gasteiger partial charge on any atom is 0.0295 e. The van der Waals surface area contributed by atoms with E-state index in [4.69, 9.17) is 0 Å². The Labute approximate surface area is 123 Å². The fourth-order valence-corrected chi connectivity index (χ4v) is 4.42. The lowest BCUT2D eigenvalue weighted by Gasteiger charge is -2.40. The van der Waals surface area contributed by atoms with Crippen molar-refractivity contribution >= 4 is 27.7 Å². The summed E-state index contributed by atoms with van der Waals surface area (Å²) in [4.78, 5) is 0. The molecule has 2 rings (SSSR count). The highest BCUT2D eigenvalue weighted by Gasteiger charge is 2.33. The van der Waals surface area contributed by atoms with Crippen molar-refractivity contribution in [1.29, 1.82) is 0 Å². The lowest BCUT2D eigenvalue weighted by atomic mass is 9.81. The first-order valence-electron chi connectivity index (χ1n) is 6.58. The monoisotopic (exact) mass is 327 g/mol. The van der Waals surface area contributed by atoms with Gasteiger partial charge in [0.05, 0.1) is 0 Å². The normalized spacial score (nSPS) is 24.8. The van der Waals surface area contributed by atoms with Crippen molar-refractivity contribution in [3.63, 3.8) is 0 Å². The van der Waals surface area contributed by atoms with E-state index in [0.717, 1.165) is 4.47 Å². The van der Waals surface area contributed by atoms with Gasteiger partial charge in [-0.3, -0.25) is 0 Å². The molecule has 1 nitrogen and oxygen atoms in total. The van der Waals surface area contributed by atoms with Crippen LogP contribution in [0.1, 0.15) is 38.8 Å². The first-order valence-corrected chi connectivity index (χ1v) is 8.53. The molecule has 100 valence electrons. The minimum Gasteiger partial charge on any atom is -0.306 e. The average Bonchev–Trinajstić information content (AvgIpc) is 2.31. The topological polar surface area (TPSA) is 12.0 Å². The van der Waals surface area contributed by atoms with Gasteiger partial charge in [-0.25, -0.2) is 0 Å². The van der Waals surface area contributed by atoms with Crippen LogP contribution in [0.2, 0.25) is 0 Å². The molecule has 1 heterocycles. The minimum absolute atomic E-state index is 0.408.